The van der Waals surface area contributed by atoms with E-state index < -0.39 is 10.1 Å². The Morgan fingerprint density at radius 2 is 1.94 bits per heavy atom. The molecule has 17 heavy (non-hydrogen) atoms. The minimum absolute atomic E-state index is 0.0488. The zero-order chi connectivity index (χ0) is 12.7. The van der Waals surface area contributed by atoms with Gasteiger partial charge in [0, 0.05) is 10.2 Å². The predicted molar refractivity (Wildman–Crippen MR) is 64.0 cm³/mol. The maximum absolute atomic E-state index is 11.6. The summed E-state index contributed by atoms with van der Waals surface area (Å²) in [5.74, 6) is 0. The summed E-state index contributed by atoms with van der Waals surface area (Å²) in [6.45, 7) is 0.0697. The van der Waals surface area contributed by atoms with E-state index in [-0.39, 0.29) is 11.5 Å². The zero-order valence-corrected chi connectivity index (χ0v) is 11.6. The number of benzene rings is 1. The van der Waals surface area contributed by atoms with Crippen LogP contribution in [-0.4, -0.2) is 25.6 Å². The third-order valence-electron chi connectivity index (χ3n) is 1.59. The van der Waals surface area contributed by atoms with E-state index in [2.05, 4.69) is 25.3 Å². The zero-order valence-electron chi connectivity index (χ0n) is 8.41. The molecule has 0 aliphatic carbocycles. The Morgan fingerprint density at radius 3 is 2.47 bits per heavy atom. The fourth-order valence-electron chi connectivity index (χ4n) is 0.926. The first kappa shape index (κ1) is 14.9. The Kier molecular flexibility index (Phi) is 6.41. The van der Waals surface area contributed by atoms with Crippen LogP contribution in [0.15, 0.2) is 34.1 Å². The van der Waals surface area contributed by atoms with Gasteiger partial charge >= 0.3 is 0 Å². The first-order valence-electron chi connectivity index (χ1n) is 4.30. The highest BCUT2D eigenvalue weighted by molar-refractivity contribution is 9.09. The molecule has 0 bridgehead atoms. The highest BCUT2D eigenvalue weighted by Crippen LogP contribution is 2.21. The second-order valence-corrected chi connectivity index (χ2v) is 5.84. The molecule has 0 aliphatic rings. The molecule has 6 nitrogen and oxygen atoms in total. The van der Waals surface area contributed by atoms with Gasteiger partial charge in [-0.3, -0.25) is 4.18 Å². The van der Waals surface area contributed by atoms with Gasteiger partial charge in [0.1, 0.15) is 0 Å². The van der Waals surface area contributed by atoms with Gasteiger partial charge in [0.2, 0.25) is 0 Å². The van der Waals surface area contributed by atoms with Crippen molar-refractivity contribution >= 4 is 38.1 Å². The Morgan fingerprint density at radius 1 is 1.29 bits per heavy atom. The van der Waals surface area contributed by atoms with E-state index in [1.165, 1.54) is 24.3 Å². The first-order valence-corrected chi connectivity index (χ1v) is 7.57. The van der Waals surface area contributed by atoms with E-state index in [4.69, 9.17) is 9.44 Å². The second-order valence-electron chi connectivity index (χ2n) is 2.66. The van der Waals surface area contributed by atoms with Crippen LogP contribution in [0.5, 0.6) is 0 Å². The van der Waals surface area contributed by atoms with E-state index in [0.717, 1.165) is 12.0 Å². The van der Waals surface area contributed by atoms with E-state index in [1.807, 2.05) is 0 Å². The molecule has 0 heterocycles. The maximum Gasteiger partial charge on any atom is 0.297 e. The Balaban J connectivity index is 2.73. The number of hydrogen-bond acceptors (Lipinski definition) is 7. The average molecular weight is 345 g/mol. The summed E-state index contributed by atoms with van der Waals surface area (Å²) >= 11 is 3.81. The molecule has 0 spiro atoms. The second kappa shape index (κ2) is 7.31. The van der Waals surface area contributed by atoms with Crippen molar-refractivity contribution in [1.82, 2.24) is 0 Å². The van der Waals surface area contributed by atoms with Crippen LogP contribution in [0.25, 0.3) is 0 Å². The van der Waals surface area contributed by atoms with Crippen molar-refractivity contribution in [3.8, 4) is 0 Å². The van der Waals surface area contributed by atoms with Gasteiger partial charge in [-0.25, -0.2) is 5.26 Å². The lowest BCUT2D eigenvalue weighted by atomic mass is 10.4. The van der Waals surface area contributed by atoms with Crippen LogP contribution in [0.3, 0.4) is 0 Å². The molecule has 0 atom stereocenters. The monoisotopic (exact) mass is 344 g/mol. The molecule has 9 heteroatoms. The van der Waals surface area contributed by atoms with Crippen LogP contribution in [0.1, 0.15) is 0 Å². The lowest BCUT2D eigenvalue weighted by Gasteiger charge is -2.04. The van der Waals surface area contributed by atoms with Crippen molar-refractivity contribution in [2.24, 2.45) is 0 Å². The molecule has 1 N–H and O–H groups in total. The molecule has 1 aromatic rings. The molecular weight excluding hydrogens is 336 g/mol. The van der Waals surface area contributed by atoms with E-state index in [1.54, 1.807) is 0 Å². The Labute approximate surface area is 111 Å². The average Bonchev–Trinajstić information content (AvgIpc) is 2.34. The topological polar surface area (TPSA) is 82.1 Å². The van der Waals surface area contributed by atoms with E-state index in [9.17, 15) is 8.42 Å². The molecule has 96 valence electrons. The summed E-state index contributed by atoms with van der Waals surface area (Å²) in [5, 5.41) is 11.8. The van der Waals surface area contributed by atoms with Gasteiger partial charge in [-0.1, -0.05) is 21.0 Å². The molecule has 0 saturated heterocycles. The van der Waals surface area contributed by atoms with Gasteiger partial charge < -0.3 is 0 Å². The fraction of sp³-hybridized carbons (Fsp3) is 0.250. The van der Waals surface area contributed by atoms with Crippen molar-refractivity contribution in [1.29, 1.82) is 0 Å². The van der Waals surface area contributed by atoms with E-state index in [0.29, 0.717) is 10.2 Å². The molecule has 0 unspecified atom stereocenters. The normalized spacial score (nSPS) is 11.6. The lowest BCUT2D eigenvalue weighted by Crippen LogP contribution is -2.08. The van der Waals surface area contributed by atoms with Crippen molar-refractivity contribution in [2.45, 2.75) is 9.79 Å². The molecule has 0 aromatic heterocycles. The molecule has 0 saturated carbocycles. The van der Waals surface area contributed by atoms with E-state index >= 15 is 0 Å². The van der Waals surface area contributed by atoms with Crippen molar-refractivity contribution in [3.05, 3.63) is 24.3 Å². The Bertz CT molecular complexity index is 432. The largest absolute Gasteiger partial charge is 0.297 e. The van der Waals surface area contributed by atoms with Gasteiger partial charge in [-0.15, -0.1) is 4.33 Å². The van der Waals surface area contributed by atoms with Crippen LogP contribution >= 0.6 is 28.0 Å². The van der Waals surface area contributed by atoms with Crippen LogP contribution < -0.4 is 0 Å². The molecule has 0 amide bonds. The predicted octanol–water partition coefficient (Wildman–Crippen LogP) is 2.22. The summed E-state index contributed by atoms with van der Waals surface area (Å²) in [6, 6.07) is 5.72. The van der Waals surface area contributed by atoms with Crippen LogP contribution in [-0.2, 0) is 23.7 Å². The van der Waals surface area contributed by atoms with Gasteiger partial charge in [0.15, 0.2) is 0 Å². The van der Waals surface area contributed by atoms with Gasteiger partial charge in [0.25, 0.3) is 10.1 Å². The molecule has 1 rings (SSSR count). The third-order valence-corrected chi connectivity index (χ3v) is 3.83. The number of alkyl halides is 1. The molecule has 0 fully saturated rings. The molecular formula is C8H9BrO6S2. The van der Waals surface area contributed by atoms with Crippen LogP contribution in [0, 0.1) is 0 Å². The smallest absolute Gasteiger partial charge is 0.265 e. The standard InChI is InChI=1S/C8H9BrO6S2/c9-5-6-13-17(11,12)8-3-1-7(2-4-8)16-15-14-10/h1-4,10H,5-6H2. The number of halogens is 1. The van der Waals surface area contributed by atoms with Gasteiger partial charge in [-0.2, -0.15) is 8.42 Å². The Hall–Kier alpha value is -0.160. The summed E-state index contributed by atoms with van der Waals surface area (Å²) in [4.78, 5) is 0.617. The van der Waals surface area contributed by atoms with Crippen LogP contribution in [0.2, 0.25) is 0 Å². The van der Waals surface area contributed by atoms with Crippen molar-refractivity contribution in [2.75, 3.05) is 11.9 Å². The SMILES string of the molecule is O=S(=O)(OCCBr)c1ccc(SOOO)cc1. The molecule has 0 aliphatic heterocycles. The fourth-order valence-corrected chi connectivity index (χ4v) is 2.57. The third kappa shape index (κ3) is 4.92. The maximum atomic E-state index is 11.6. The highest BCUT2D eigenvalue weighted by atomic mass is 79.9. The lowest BCUT2D eigenvalue weighted by molar-refractivity contribution is -0.432. The van der Waals surface area contributed by atoms with Crippen molar-refractivity contribution < 1.29 is 27.2 Å². The first-order chi connectivity index (χ1) is 8.10. The highest BCUT2D eigenvalue weighted by Gasteiger charge is 2.14. The summed E-state index contributed by atoms with van der Waals surface area (Å²) in [7, 11) is -3.72. The van der Waals surface area contributed by atoms with Crippen LogP contribution in [0.4, 0.5) is 0 Å². The summed E-state index contributed by atoms with van der Waals surface area (Å²) in [6.07, 6.45) is 0. The van der Waals surface area contributed by atoms with Gasteiger partial charge in [0.05, 0.1) is 23.5 Å². The summed E-state index contributed by atoms with van der Waals surface area (Å²) < 4.78 is 32.0. The minimum Gasteiger partial charge on any atom is -0.265 e. The molecule has 0 radical (unpaired) electrons. The minimum atomic E-state index is -3.72. The quantitative estimate of drug-likeness (QED) is 0.267. The summed E-state index contributed by atoms with van der Waals surface area (Å²) in [5.41, 5.74) is 0. The van der Waals surface area contributed by atoms with Gasteiger partial charge in [-0.05, 0) is 24.3 Å². The number of hydrogen-bond donors (Lipinski definition) is 1. The number of rotatable bonds is 7. The molecule has 1 aromatic carbocycles. The van der Waals surface area contributed by atoms with Crippen molar-refractivity contribution in [3.63, 3.8) is 0 Å².